The van der Waals surface area contributed by atoms with Gasteiger partial charge in [-0.2, -0.15) is 0 Å². The van der Waals surface area contributed by atoms with Crippen LogP contribution in [0.4, 0.5) is 8.78 Å². The lowest BCUT2D eigenvalue weighted by Gasteiger charge is -2.05. The highest BCUT2D eigenvalue weighted by atomic mass is 32.1. The lowest BCUT2D eigenvalue weighted by Crippen LogP contribution is -2.00. The van der Waals surface area contributed by atoms with Gasteiger partial charge in [0.2, 0.25) is 0 Å². The monoisotopic (exact) mass is 327 g/mol. The molecular weight excluding hydrogens is 312 g/mol. The van der Waals surface area contributed by atoms with Crippen molar-refractivity contribution in [1.29, 1.82) is 0 Å². The van der Waals surface area contributed by atoms with Crippen LogP contribution in [0.1, 0.15) is 22.0 Å². The van der Waals surface area contributed by atoms with Gasteiger partial charge in [0, 0.05) is 17.4 Å². The highest BCUT2D eigenvalue weighted by Gasteiger charge is 2.11. The van der Waals surface area contributed by atoms with Crippen LogP contribution in [0.2, 0.25) is 0 Å². The Morgan fingerprint density at radius 3 is 2.82 bits per heavy atom. The molecule has 22 heavy (non-hydrogen) atoms. The Labute approximate surface area is 130 Å². The minimum atomic E-state index is -0.939. The molecule has 7 heteroatoms. The van der Waals surface area contributed by atoms with Crippen LogP contribution in [0, 0.1) is 18.6 Å². The van der Waals surface area contributed by atoms with Crippen molar-refractivity contribution < 1.29 is 23.4 Å². The smallest absolute Gasteiger partial charge is 0.308 e. The summed E-state index contributed by atoms with van der Waals surface area (Å²) in [7, 11) is 0. The molecule has 0 aliphatic rings. The summed E-state index contributed by atoms with van der Waals surface area (Å²) in [5.74, 6) is -2.44. The molecule has 4 nitrogen and oxygen atoms in total. The van der Waals surface area contributed by atoms with E-state index in [-0.39, 0.29) is 12.2 Å². The number of carbonyl (C=O) groups is 1. The number of rotatable bonds is 7. The molecule has 2 aromatic rings. The number of thiazole rings is 1. The second-order valence-electron chi connectivity index (χ2n) is 4.71. The highest BCUT2D eigenvalue weighted by Crippen LogP contribution is 2.20. The van der Waals surface area contributed by atoms with Crippen LogP contribution in [0.15, 0.2) is 18.2 Å². The first kappa shape index (κ1) is 16.4. The van der Waals surface area contributed by atoms with Gasteiger partial charge in [-0.3, -0.25) is 4.79 Å². The number of nitrogens with zero attached hydrogens (tertiary/aromatic N) is 1. The van der Waals surface area contributed by atoms with Gasteiger partial charge in [-0.05, 0) is 25.5 Å². The van der Waals surface area contributed by atoms with Crippen LogP contribution in [-0.4, -0.2) is 22.7 Å². The molecular formula is C15H15F2NO3S. The predicted octanol–water partition coefficient (Wildman–Crippen LogP) is 3.37. The molecule has 2 rings (SSSR count). The molecule has 1 aromatic carbocycles. The van der Waals surface area contributed by atoms with Gasteiger partial charge < -0.3 is 9.84 Å². The Balaban J connectivity index is 1.81. The number of aryl methyl sites for hydroxylation is 2. The predicted molar refractivity (Wildman–Crippen MR) is 78.4 cm³/mol. The third-order valence-electron chi connectivity index (χ3n) is 2.94. The zero-order valence-corrected chi connectivity index (χ0v) is 12.8. The molecule has 0 aliphatic carbocycles. The van der Waals surface area contributed by atoms with E-state index in [1.54, 1.807) is 6.92 Å². The van der Waals surface area contributed by atoms with Crippen molar-refractivity contribution in [2.75, 3.05) is 6.61 Å². The zero-order valence-electron chi connectivity index (χ0n) is 11.9. The first-order valence-electron chi connectivity index (χ1n) is 6.70. The summed E-state index contributed by atoms with van der Waals surface area (Å²) in [6.07, 6.45) is 1.28. The number of hydrogen-bond donors (Lipinski definition) is 1. The van der Waals surface area contributed by atoms with Crippen LogP contribution in [-0.2, 0) is 17.6 Å². The Hall–Kier alpha value is -2.02. The lowest BCUT2D eigenvalue weighted by molar-refractivity contribution is -0.136. The van der Waals surface area contributed by atoms with Crippen LogP contribution in [0.3, 0.4) is 0 Å². The van der Waals surface area contributed by atoms with E-state index in [0.717, 1.165) is 27.7 Å². The molecule has 1 heterocycles. The lowest BCUT2D eigenvalue weighted by atomic mass is 10.3. The van der Waals surface area contributed by atoms with Gasteiger partial charge in [0.1, 0.15) is 5.75 Å². The first-order chi connectivity index (χ1) is 10.5. The van der Waals surface area contributed by atoms with E-state index >= 15 is 0 Å². The molecule has 0 fully saturated rings. The molecule has 1 aromatic heterocycles. The van der Waals surface area contributed by atoms with Crippen molar-refractivity contribution in [3.05, 3.63) is 45.4 Å². The highest BCUT2D eigenvalue weighted by molar-refractivity contribution is 7.11. The topological polar surface area (TPSA) is 59.4 Å². The minimum Gasteiger partial charge on any atom is -0.493 e. The number of carboxylic acid groups (broad SMARTS) is 1. The summed E-state index contributed by atoms with van der Waals surface area (Å²) in [4.78, 5) is 15.8. The maximum absolute atomic E-state index is 13.0. The van der Waals surface area contributed by atoms with Crippen molar-refractivity contribution in [3.63, 3.8) is 0 Å². The number of aromatic nitrogens is 1. The first-order valence-corrected chi connectivity index (χ1v) is 7.52. The maximum Gasteiger partial charge on any atom is 0.308 e. The Kier molecular flexibility index (Phi) is 5.43. The second kappa shape index (κ2) is 7.31. The van der Waals surface area contributed by atoms with Gasteiger partial charge >= 0.3 is 5.97 Å². The summed E-state index contributed by atoms with van der Waals surface area (Å²) in [5, 5.41) is 9.63. The van der Waals surface area contributed by atoms with E-state index in [4.69, 9.17) is 9.84 Å². The Morgan fingerprint density at radius 2 is 2.14 bits per heavy atom. The maximum atomic E-state index is 13.0. The van der Waals surface area contributed by atoms with E-state index in [2.05, 4.69) is 4.98 Å². The molecule has 0 saturated heterocycles. The van der Waals surface area contributed by atoms with Crippen LogP contribution >= 0.6 is 11.3 Å². The van der Waals surface area contributed by atoms with Gasteiger partial charge in [-0.1, -0.05) is 0 Å². The van der Waals surface area contributed by atoms with Gasteiger partial charge in [-0.15, -0.1) is 11.3 Å². The van der Waals surface area contributed by atoms with E-state index < -0.39 is 17.6 Å². The summed E-state index contributed by atoms with van der Waals surface area (Å²) in [6, 6.07) is 3.40. The number of hydrogen-bond acceptors (Lipinski definition) is 4. The van der Waals surface area contributed by atoms with E-state index in [9.17, 15) is 13.6 Å². The van der Waals surface area contributed by atoms with Crippen LogP contribution in [0.5, 0.6) is 5.75 Å². The van der Waals surface area contributed by atoms with Crippen LogP contribution in [0.25, 0.3) is 0 Å². The number of benzene rings is 1. The molecule has 0 atom stereocenters. The molecule has 0 saturated carbocycles. The number of carboxylic acids is 1. The Bertz CT molecular complexity index is 673. The molecule has 118 valence electrons. The normalized spacial score (nSPS) is 10.7. The number of ether oxygens (including phenoxy) is 1. The molecule has 0 spiro atoms. The second-order valence-corrected chi connectivity index (χ2v) is 5.88. The fourth-order valence-electron chi connectivity index (χ4n) is 1.88. The molecule has 0 unspecified atom stereocenters. The van der Waals surface area contributed by atoms with E-state index in [1.165, 1.54) is 17.4 Å². The number of aliphatic carboxylic acids is 1. The standard InChI is InChI=1S/C15H15F2NO3S/c1-9-13(8-15(19)20)22-14(18-9)3-2-6-21-10-4-5-11(16)12(17)7-10/h4-5,7H,2-3,6,8H2,1H3,(H,19,20). The SMILES string of the molecule is Cc1nc(CCCOc2ccc(F)c(F)c2)sc1CC(=O)O. The quantitative estimate of drug-likeness (QED) is 0.792. The fourth-order valence-corrected chi connectivity index (χ4v) is 2.98. The average molecular weight is 327 g/mol. The summed E-state index contributed by atoms with van der Waals surface area (Å²) in [5.41, 5.74) is 0.740. The van der Waals surface area contributed by atoms with Crippen molar-refractivity contribution >= 4 is 17.3 Å². The average Bonchev–Trinajstić information content (AvgIpc) is 2.78. The minimum absolute atomic E-state index is 0.0190. The third-order valence-corrected chi connectivity index (χ3v) is 4.16. The van der Waals surface area contributed by atoms with E-state index in [1.807, 2.05) is 0 Å². The molecule has 1 N–H and O–H groups in total. The molecule has 0 aliphatic heterocycles. The fraction of sp³-hybridized carbons (Fsp3) is 0.333. The largest absolute Gasteiger partial charge is 0.493 e. The molecule has 0 amide bonds. The molecule has 0 bridgehead atoms. The van der Waals surface area contributed by atoms with Gasteiger partial charge in [0.25, 0.3) is 0 Å². The van der Waals surface area contributed by atoms with E-state index in [0.29, 0.717) is 19.4 Å². The molecule has 0 radical (unpaired) electrons. The summed E-state index contributed by atoms with van der Waals surface area (Å²) < 4.78 is 31.1. The van der Waals surface area contributed by atoms with Crippen LogP contribution < -0.4 is 4.74 Å². The van der Waals surface area contributed by atoms with Crippen molar-refractivity contribution in [1.82, 2.24) is 4.98 Å². The van der Waals surface area contributed by atoms with Gasteiger partial charge in [-0.25, -0.2) is 13.8 Å². The summed E-state index contributed by atoms with van der Waals surface area (Å²) >= 11 is 1.38. The third kappa shape index (κ3) is 4.49. The van der Waals surface area contributed by atoms with Gasteiger partial charge in [0.15, 0.2) is 11.6 Å². The van der Waals surface area contributed by atoms with Crippen molar-refractivity contribution in [3.8, 4) is 5.75 Å². The zero-order chi connectivity index (χ0) is 16.1. The van der Waals surface area contributed by atoms with Crippen molar-refractivity contribution in [2.24, 2.45) is 0 Å². The summed E-state index contributed by atoms with van der Waals surface area (Å²) in [6.45, 7) is 2.13. The van der Waals surface area contributed by atoms with Gasteiger partial charge in [0.05, 0.1) is 23.7 Å². The number of halogens is 2. The van der Waals surface area contributed by atoms with Crippen molar-refractivity contribution in [2.45, 2.75) is 26.2 Å². The Morgan fingerprint density at radius 1 is 1.36 bits per heavy atom.